The number of rotatable bonds is 2. The first-order valence-corrected chi connectivity index (χ1v) is 9.38. The minimum Gasteiger partial charge on any atom is -0.486 e. The Morgan fingerprint density at radius 2 is 1.84 bits per heavy atom. The van der Waals surface area contributed by atoms with Gasteiger partial charge in [-0.3, -0.25) is 9.69 Å². The first kappa shape index (κ1) is 16.7. The van der Waals surface area contributed by atoms with Gasteiger partial charge in [-0.25, -0.2) is 0 Å². The number of ether oxygens (including phenoxy) is 2. The zero-order valence-corrected chi connectivity index (χ0v) is 15.5. The van der Waals surface area contributed by atoms with E-state index in [-0.39, 0.29) is 17.4 Å². The molecule has 5 nitrogen and oxygen atoms in total. The molecule has 1 aromatic carbocycles. The van der Waals surface area contributed by atoms with Crippen molar-refractivity contribution in [2.45, 2.75) is 44.1 Å². The topological polar surface area (TPSA) is 42.0 Å². The van der Waals surface area contributed by atoms with E-state index in [0.29, 0.717) is 19.8 Å². The molecule has 0 aromatic heterocycles. The number of benzene rings is 1. The van der Waals surface area contributed by atoms with Crippen molar-refractivity contribution in [3.05, 3.63) is 23.3 Å². The number of nitrogens with zero attached hydrogens (tertiary/aromatic N) is 2. The molecule has 1 atom stereocenters. The summed E-state index contributed by atoms with van der Waals surface area (Å²) >= 11 is 0. The van der Waals surface area contributed by atoms with Crippen LogP contribution in [0.3, 0.4) is 0 Å². The molecule has 4 rings (SSSR count). The second kappa shape index (κ2) is 6.20. The van der Waals surface area contributed by atoms with Gasteiger partial charge in [0.1, 0.15) is 13.2 Å². The maximum atomic E-state index is 12.3. The highest BCUT2D eigenvalue weighted by atomic mass is 16.6. The molecule has 1 amide bonds. The van der Waals surface area contributed by atoms with Crippen LogP contribution in [-0.2, 0) is 10.2 Å². The molecule has 2 heterocycles. The maximum Gasteiger partial charge on any atom is 0.236 e. The van der Waals surface area contributed by atoms with E-state index in [9.17, 15) is 4.79 Å². The summed E-state index contributed by atoms with van der Waals surface area (Å²) in [6.07, 6.45) is 4.91. The Morgan fingerprint density at radius 3 is 2.48 bits per heavy atom. The van der Waals surface area contributed by atoms with E-state index in [1.807, 2.05) is 14.1 Å². The van der Waals surface area contributed by atoms with Crippen LogP contribution in [0.4, 0.5) is 0 Å². The molecule has 25 heavy (non-hydrogen) atoms. The first-order chi connectivity index (χ1) is 12.0. The van der Waals surface area contributed by atoms with Gasteiger partial charge in [0, 0.05) is 32.1 Å². The van der Waals surface area contributed by atoms with E-state index in [4.69, 9.17) is 9.47 Å². The van der Waals surface area contributed by atoms with Gasteiger partial charge in [0.15, 0.2) is 11.5 Å². The highest BCUT2D eigenvalue weighted by molar-refractivity contribution is 5.77. The SMILES string of the molecule is CC1c2cc3c(cc2C2(CCCC2)CN1CC(=O)N(C)C)OCCO3. The zero-order chi connectivity index (χ0) is 17.6. The lowest BCUT2D eigenvalue weighted by atomic mass is 9.71. The van der Waals surface area contributed by atoms with Gasteiger partial charge in [0.2, 0.25) is 5.91 Å². The van der Waals surface area contributed by atoms with Crippen LogP contribution in [0.5, 0.6) is 11.5 Å². The average molecular weight is 344 g/mol. The highest BCUT2D eigenvalue weighted by Gasteiger charge is 2.45. The van der Waals surface area contributed by atoms with Crippen LogP contribution in [0.15, 0.2) is 12.1 Å². The molecular formula is C20H28N2O3. The molecule has 136 valence electrons. The number of likely N-dealkylation sites (N-methyl/N-ethyl adjacent to an activating group) is 1. The number of hydrogen-bond donors (Lipinski definition) is 0. The van der Waals surface area contributed by atoms with Gasteiger partial charge in [-0.1, -0.05) is 12.8 Å². The Hall–Kier alpha value is -1.75. The summed E-state index contributed by atoms with van der Waals surface area (Å²) in [6, 6.07) is 4.61. The minimum absolute atomic E-state index is 0.157. The van der Waals surface area contributed by atoms with Gasteiger partial charge < -0.3 is 14.4 Å². The molecular weight excluding hydrogens is 316 g/mol. The molecule has 0 bridgehead atoms. The number of fused-ring (bicyclic) bond motifs is 3. The smallest absolute Gasteiger partial charge is 0.236 e. The number of amides is 1. The predicted molar refractivity (Wildman–Crippen MR) is 96.3 cm³/mol. The van der Waals surface area contributed by atoms with Crippen molar-refractivity contribution in [1.29, 1.82) is 0 Å². The summed E-state index contributed by atoms with van der Waals surface area (Å²) in [5.74, 6) is 1.91. The monoisotopic (exact) mass is 344 g/mol. The lowest BCUT2D eigenvalue weighted by Gasteiger charge is -2.46. The van der Waals surface area contributed by atoms with Crippen LogP contribution in [0.1, 0.15) is 49.8 Å². The number of hydrogen-bond acceptors (Lipinski definition) is 4. The van der Waals surface area contributed by atoms with Crippen molar-refractivity contribution < 1.29 is 14.3 Å². The van der Waals surface area contributed by atoms with E-state index in [1.165, 1.54) is 36.8 Å². The fourth-order valence-electron chi connectivity index (χ4n) is 4.70. The standard InChI is InChI=1S/C20H28N2O3/c1-14-15-10-17-18(25-9-8-24-17)11-16(15)20(6-4-5-7-20)13-22(14)12-19(23)21(2)3/h10-11,14H,4-9,12-13H2,1-3H3. The molecule has 1 unspecified atom stereocenters. The molecule has 5 heteroatoms. The summed E-state index contributed by atoms with van der Waals surface area (Å²) in [5.41, 5.74) is 2.89. The predicted octanol–water partition coefficient (Wildman–Crippen LogP) is 2.73. The van der Waals surface area contributed by atoms with Gasteiger partial charge in [-0.05, 0) is 43.0 Å². The molecule has 0 radical (unpaired) electrons. The largest absolute Gasteiger partial charge is 0.486 e. The van der Waals surface area contributed by atoms with Crippen LogP contribution in [0.25, 0.3) is 0 Å². The van der Waals surface area contributed by atoms with Crippen molar-refractivity contribution in [3.63, 3.8) is 0 Å². The number of carbonyl (C=O) groups excluding carboxylic acids is 1. The van der Waals surface area contributed by atoms with E-state index >= 15 is 0 Å². The second-order valence-corrected chi connectivity index (χ2v) is 7.94. The second-order valence-electron chi connectivity index (χ2n) is 7.94. The Kier molecular flexibility index (Phi) is 4.14. The highest BCUT2D eigenvalue weighted by Crippen LogP contribution is 2.51. The Bertz CT molecular complexity index is 680. The van der Waals surface area contributed by atoms with Gasteiger partial charge in [0.25, 0.3) is 0 Å². The molecule has 0 saturated heterocycles. The first-order valence-electron chi connectivity index (χ1n) is 9.38. The summed E-state index contributed by atoms with van der Waals surface area (Å²) in [7, 11) is 3.66. The lowest BCUT2D eigenvalue weighted by molar-refractivity contribution is -0.130. The molecule has 1 saturated carbocycles. The Morgan fingerprint density at radius 1 is 1.20 bits per heavy atom. The third kappa shape index (κ3) is 2.78. The van der Waals surface area contributed by atoms with Crippen molar-refractivity contribution >= 4 is 5.91 Å². The third-order valence-corrected chi connectivity index (χ3v) is 6.19. The van der Waals surface area contributed by atoms with Crippen LogP contribution in [-0.4, -0.2) is 56.1 Å². The Labute approximate surface area is 149 Å². The maximum absolute atomic E-state index is 12.3. The van der Waals surface area contributed by atoms with Crippen molar-refractivity contribution in [2.24, 2.45) is 0 Å². The fraction of sp³-hybridized carbons (Fsp3) is 0.650. The van der Waals surface area contributed by atoms with Crippen LogP contribution < -0.4 is 9.47 Å². The summed E-state index contributed by atoms with van der Waals surface area (Å²) in [5, 5.41) is 0. The molecule has 3 aliphatic rings. The normalized spacial score (nSPS) is 24.2. The summed E-state index contributed by atoms with van der Waals surface area (Å²) in [4.78, 5) is 16.4. The van der Waals surface area contributed by atoms with Crippen molar-refractivity contribution in [2.75, 3.05) is 40.4 Å². The van der Waals surface area contributed by atoms with Crippen LogP contribution >= 0.6 is 0 Å². The van der Waals surface area contributed by atoms with Crippen molar-refractivity contribution in [1.82, 2.24) is 9.80 Å². The van der Waals surface area contributed by atoms with Crippen LogP contribution in [0.2, 0.25) is 0 Å². The van der Waals surface area contributed by atoms with E-state index in [0.717, 1.165) is 18.0 Å². The summed E-state index contributed by atoms with van der Waals surface area (Å²) in [6.45, 7) is 4.87. The average Bonchev–Trinajstić information content (AvgIpc) is 3.07. The number of carbonyl (C=O) groups is 1. The summed E-state index contributed by atoms with van der Waals surface area (Å²) < 4.78 is 11.7. The molecule has 0 N–H and O–H groups in total. The van der Waals surface area contributed by atoms with E-state index < -0.39 is 0 Å². The van der Waals surface area contributed by atoms with Crippen LogP contribution in [0, 0.1) is 0 Å². The van der Waals surface area contributed by atoms with Gasteiger partial charge in [-0.2, -0.15) is 0 Å². The van der Waals surface area contributed by atoms with Crippen molar-refractivity contribution in [3.8, 4) is 11.5 Å². The molecule has 2 aliphatic heterocycles. The van der Waals surface area contributed by atoms with E-state index in [2.05, 4.69) is 24.0 Å². The Balaban J connectivity index is 1.75. The van der Waals surface area contributed by atoms with Gasteiger partial charge >= 0.3 is 0 Å². The molecule has 1 aromatic rings. The fourth-order valence-corrected chi connectivity index (χ4v) is 4.70. The quantitative estimate of drug-likeness (QED) is 0.827. The minimum atomic E-state index is 0.157. The zero-order valence-electron chi connectivity index (χ0n) is 15.5. The van der Waals surface area contributed by atoms with E-state index in [1.54, 1.807) is 4.90 Å². The van der Waals surface area contributed by atoms with Gasteiger partial charge in [-0.15, -0.1) is 0 Å². The van der Waals surface area contributed by atoms with Gasteiger partial charge in [0.05, 0.1) is 6.54 Å². The molecule has 1 spiro atoms. The third-order valence-electron chi connectivity index (χ3n) is 6.19. The molecule has 1 fully saturated rings. The lowest BCUT2D eigenvalue weighted by Crippen LogP contribution is -2.49. The molecule has 1 aliphatic carbocycles.